The number of carbonyl (C=O) groups excluding carboxylic acids is 1. The number of anilines is 1. The monoisotopic (exact) mass is 197 g/mol. The zero-order valence-corrected chi connectivity index (χ0v) is 8.48. The summed E-state index contributed by atoms with van der Waals surface area (Å²) in [7, 11) is 0. The predicted molar refractivity (Wildman–Crippen MR) is 55.6 cm³/mol. The minimum absolute atomic E-state index is 0.0263. The van der Waals surface area contributed by atoms with Crippen molar-refractivity contribution in [3.8, 4) is 0 Å². The van der Waals surface area contributed by atoms with Crippen molar-refractivity contribution in [3.63, 3.8) is 0 Å². The number of rotatable bonds is 3. The van der Waals surface area contributed by atoms with Gasteiger partial charge in [0.05, 0.1) is 0 Å². The zero-order chi connectivity index (χ0) is 9.84. The van der Waals surface area contributed by atoms with E-state index in [9.17, 15) is 4.79 Å². The highest BCUT2D eigenvalue weighted by Gasteiger charge is 2.06. The molecule has 2 nitrogen and oxygen atoms in total. The van der Waals surface area contributed by atoms with Crippen molar-refractivity contribution in [2.45, 2.75) is 13.8 Å². The Balaban J connectivity index is 3.10. The molecule has 0 aliphatic carbocycles. The lowest BCUT2D eigenvalue weighted by Crippen LogP contribution is -2.03. The molecule has 0 fully saturated rings. The van der Waals surface area contributed by atoms with E-state index in [0.29, 0.717) is 10.6 Å². The Kier molecular flexibility index (Phi) is 3.32. The Labute approximate surface area is 82.9 Å². The highest BCUT2D eigenvalue weighted by atomic mass is 35.5. The lowest BCUT2D eigenvalue weighted by molar-refractivity contribution is 0.101. The van der Waals surface area contributed by atoms with Crippen LogP contribution in [0.4, 0.5) is 5.69 Å². The average Bonchev–Trinajstić information content (AvgIpc) is 2.08. The number of nitrogens with one attached hydrogen (secondary N) is 1. The number of Topliss-reactive ketones (excluding diaryl/α,β-unsaturated/α-hetero) is 1. The van der Waals surface area contributed by atoms with Crippen molar-refractivity contribution in [1.82, 2.24) is 0 Å². The molecular weight excluding hydrogens is 186 g/mol. The molecule has 0 heterocycles. The van der Waals surface area contributed by atoms with E-state index in [2.05, 4.69) is 5.32 Å². The minimum Gasteiger partial charge on any atom is -0.385 e. The van der Waals surface area contributed by atoms with E-state index in [4.69, 9.17) is 11.6 Å². The molecule has 13 heavy (non-hydrogen) atoms. The third-order valence-corrected chi connectivity index (χ3v) is 1.96. The van der Waals surface area contributed by atoms with Gasteiger partial charge in [-0.1, -0.05) is 11.6 Å². The molecule has 3 heteroatoms. The molecule has 1 rings (SSSR count). The van der Waals surface area contributed by atoms with E-state index < -0.39 is 0 Å². The molecule has 0 amide bonds. The largest absolute Gasteiger partial charge is 0.385 e. The molecule has 0 aliphatic rings. The summed E-state index contributed by atoms with van der Waals surface area (Å²) in [5.41, 5.74) is 1.49. The fourth-order valence-electron chi connectivity index (χ4n) is 1.15. The number of benzene rings is 1. The minimum atomic E-state index is 0.0263. The summed E-state index contributed by atoms with van der Waals surface area (Å²) >= 11 is 5.78. The third-order valence-electron chi connectivity index (χ3n) is 1.73. The Hall–Kier alpha value is -1.02. The molecular formula is C10H12ClNO. The van der Waals surface area contributed by atoms with Crippen LogP contribution in [0.2, 0.25) is 5.02 Å². The van der Waals surface area contributed by atoms with Crippen LogP contribution in [0.15, 0.2) is 18.2 Å². The summed E-state index contributed by atoms with van der Waals surface area (Å²) in [5.74, 6) is 0.0263. The smallest absolute Gasteiger partial charge is 0.161 e. The van der Waals surface area contributed by atoms with Crippen LogP contribution in [-0.4, -0.2) is 12.3 Å². The summed E-state index contributed by atoms with van der Waals surface area (Å²) in [4.78, 5) is 11.2. The van der Waals surface area contributed by atoms with Gasteiger partial charge in [-0.25, -0.2) is 0 Å². The number of hydrogen-bond donors (Lipinski definition) is 1. The number of halogens is 1. The maximum Gasteiger partial charge on any atom is 0.161 e. The first kappa shape index (κ1) is 10.1. The molecule has 0 aliphatic heterocycles. The Morgan fingerprint density at radius 1 is 1.54 bits per heavy atom. The van der Waals surface area contributed by atoms with Crippen molar-refractivity contribution >= 4 is 23.1 Å². The summed E-state index contributed by atoms with van der Waals surface area (Å²) < 4.78 is 0. The Morgan fingerprint density at radius 3 is 2.77 bits per heavy atom. The topological polar surface area (TPSA) is 29.1 Å². The molecule has 1 N–H and O–H groups in total. The van der Waals surface area contributed by atoms with E-state index in [0.717, 1.165) is 12.2 Å². The molecule has 1 aromatic rings. The van der Waals surface area contributed by atoms with Crippen LogP contribution in [0.25, 0.3) is 0 Å². The normalized spacial score (nSPS) is 9.77. The molecule has 1 aromatic carbocycles. The van der Waals surface area contributed by atoms with Crippen molar-refractivity contribution in [1.29, 1.82) is 0 Å². The maximum atomic E-state index is 11.2. The molecule has 0 bridgehead atoms. The van der Waals surface area contributed by atoms with Crippen molar-refractivity contribution in [2.75, 3.05) is 11.9 Å². The van der Waals surface area contributed by atoms with Gasteiger partial charge in [0.1, 0.15) is 0 Å². The van der Waals surface area contributed by atoms with Gasteiger partial charge in [0, 0.05) is 22.8 Å². The molecule has 0 spiro atoms. The van der Waals surface area contributed by atoms with E-state index in [1.165, 1.54) is 6.92 Å². The van der Waals surface area contributed by atoms with E-state index in [1.54, 1.807) is 12.1 Å². The first-order valence-corrected chi connectivity index (χ1v) is 4.57. The molecule has 0 saturated carbocycles. The standard InChI is InChI=1S/C10H12ClNO/c1-3-12-10-5-4-8(11)6-9(10)7(2)13/h4-6,12H,3H2,1-2H3. The number of ketones is 1. The molecule has 0 saturated heterocycles. The van der Waals surface area contributed by atoms with Crippen molar-refractivity contribution in [3.05, 3.63) is 28.8 Å². The average molecular weight is 198 g/mol. The first-order chi connectivity index (χ1) is 6.15. The van der Waals surface area contributed by atoms with Gasteiger partial charge in [-0.2, -0.15) is 0 Å². The first-order valence-electron chi connectivity index (χ1n) is 4.19. The van der Waals surface area contributed by atoms with Gasteiger partial charge in [0.2, 0.25) is 0 Å². The van der Waals surface area contributed by atoms with E-state index >= 15 is 0 Å². The second-order valence-electron chi connectivity index (χ2n) is 2.78. The van der Waals surface area contributed by atoms with Crippen LogP contribution in [0.3, 0.4) is 0 Å². The van der Waals surface area contributed by atoms with Crippen LogP contribution in [0.5, 0.6) is 0 Å². The van der Waals surface area contributed by atoms with Crippen LogP contribution >= 0.6 is 11.6 Å². The molecule has 0 radical (unpaired) electrons. The summed E-state index contributed by atoms with van der Waals surface area (Å²) in [6.45, 7) is 4.31. The van der Waals surface area contributed by atoms with Crippen LogP contribution in [-0.2, 0) is 0 Å². The fourth-order valence-corrected chi connectivity index (χ4v) is 1.32. The van der Waals surface area contributed by atoms with Crippen LogP contribution < -0.4 is 5.32 Å². The fraction of sp³-hybridized carbons (Fsp3) is 0.300. The molecule has 0 atom stereocenters. The molecule has 70 valence electrons. The van der Waals surface area contributed by atoms with Gasteiger partial charge < -0.3 is 5.32 Å². The van der Waals surface area contributed by atoms with Gasteiger partial charge in [0.25, 0.3) is 0 Å². The molecule has 0 aromatic heterocycles. The lowest BCUT2D eigenvalue weighted by atomic mass is 10.1. The quantitative estimate of drug-likeness (QED) is 0.755. The van der Waals surface area contributed by atoms with Gasteiger partial charge in [-0.15, -0.1) is 0 Å². The second kappa shape index (κ2) is 4.28. The zero-order valence-electron chi connectivity index (χ0n) is 7.73. The highest BCUT2D eigenvalue weighted by Crippen LogP contribution is 2.20. The van der Waals surface area contributed by atoms with Crippen molar-refractivity contribution < 1.29 is 4.79 Å². The Bertz CT molecular complexity index is 323. The van der Waals surface area contributed by atoms with Gasteiger partial charge in [-0.3, -0.25) is 4.79 Å². The SMILES string of the molecule is CCNc1ccc(Cl)cc1C(C)=O. The lowest BCUT2D eigenvalue weighted by Gasteiger charge is -2.07. The second-order valence-corrected chi connectivity index (χ2v) is 3.21. The van der Waals surface area contributed by atoms with Gasteiger partial charge >= 0.3 is 0 Å². The highest BCUT2D eigenvalue weighted by molar-refractivity contribution is 6.31. The summed E-state index contributed by atoms with van der Waals surface area (Å²) in [6.07, 6.45) is 0. The number of carbonyl (C=O) groups is 1. The third kappa shape index (κ3) is 2.46. The molecule has 0 unspecified atom stereocenters. The van der Waals surface area contributed by atoms with E-state index in [1.807, 2.05) is 13.0 Å². The van der Waals surface area contributed by atoms with Crippen LogP contribution in [0, 0.1) is 0 Å². The predicted octanol–water partition coefficient (Wildman–Crippen LogP) is 2.97. The van der Waals surface area contributed by atoms with Crippen molar-refractivity contribution in [2.24, 2.45) is 0 Å². The Morgan fingerprint density at radius 2 is 2.23 bits per heavy atom. The van der Waals surface area contributed by atoms with Gasteiger partial charge in [-0.05, 0) is 32.0 Å². The van der Waals surface area contributed by atoms with E-state index in [-0.39, 0.29) is 5.78 Å². The van der Waals surface area contributed by atoms with Crippen LogP contribution in [0.1, 0.15) is 24.2 Å². The summed E-state index contributed by atoms with van der Waals surface area (Å²) in [6, 6.07) is 5.27. The number of hydrogen-bond acceptors (Lipinski definition) is 2. The maximum absolute atomic E-state index is 11.2. The summed E-state index contributed by atoms with van der Waals surface area (Å²) in [5, 5.41) is 3.69. The van der Waals surface area contributed by atoms with Gasteiger partial charge in [0.15, 0.2) is 5.78 Å².